The van der Waals surface area contributed by atoms with E-state index >= 15 is 0 Å². The van der Waals surface area contributed by atoms with Gasteiger partial charge in [0.25, 0.3) is 0 Å². The third kappa shape index (κ3) is 7.85. The van der Waals surface area contributed by atoms with E-state index in [-0.39, 0.29) is 114 Å². The molecule has 19 atom stereocenters. The fourth-order valence-corrected chi connectivity index (χ4v) is 11.3. The van der Waals surface area contributed by atoms with E-state index in [9.17, 15) is 20.1 Å². The second kappa shape index (κ2) is 16.2. The van der Waals surface area contributed by atoms with Crippen LogP contribution in [0.15, 0.2) is 0 Å². The van der Waals surface area contributed by atoms with E-state index in [1.165, 1.54) is 0 Å². The summed E-state index contributed by atoms with van der Waals surface area (Å²) in [6.45, 7) is 18.4. The van der Waals surface area contributed by atoms with Crippen molar-refractivity contribution in [2.45, 2.75) is 192 Å². The average Bonchev–Trinajstić information content (AvgIpc) is 3.75. The number of hydrogen-bond acceptors (Lipinski definition) is 10. The molecule has 12 heteroatoms. The summed E-state index contributed by atoms with van der Waals surface area (Å²) in [7, 11) is 1.77. The number of aliphatic hydroxyl groups excluding tert-OH is 1. The Morgan fingerprint density at radius 1 is 0.865 bits per heavy atom. The molecule has 11 nitrogen and oxygen atoms in total. The number of rotatable bonds is 9. The van der Waals surface area contributed by atoms with E-state index in [1.54, 1.807) is 14.0 Å². The van der Waals surface area contributed by atoms with Crippen LogP contribution in [0.25, 0.3) is 0 Å². The third-order valence-corrected chi connectivity index (χ3v) is 14.4. The topological polar surface area (TPSA) is 142 Å². The van der Waals surface area contributed by atoms with Gasteiger partial charge in [0.1, 0.15) is 0 Å². The van der Waals surface area contributed by atoms with Crippen LogP contribution in [-0.2, 0) is 38.0 Å². The first-order valence-corrected chi connectivity index (χ1v) is 20.0. The number of methoxy groups -OCH3 is 1. The van der Waals surface area contributed by atoms with Crippen LogP contribution in [0, 0.1) is 41.4 Å². The summed E-state index contributed by atoms with van der Waals surface area (Å²) in [5.41, 5.74) is -1.10. The molecule has 6 aliphatic heterocycles. The molecule has 0 aromatic rings. The zero-order valence-corrected chi connectivity index (χ0v) is 35.8. The molecule has 1 spiro atoms. The SMILES string of the molecule is CO[C@@H]1C[C@@H](C[C@H]2CC[C@H](C)[C@H]([C@@H](C)C(=O)O)O2)O[C@]2(O[C@](C)([C@H]3CC[C@@](C)([C@@H]4O[C@@H]([C@H]5O[C@@](O)(CO)[C@H](C)C[C@@H]5C)C[C@@H]4C)O3)C[C@H]2C)[C@@H]1C.[Na]. The molecular formula is C40H68NaO11. The first-order chi connectivity index (χ1) is 23.9. The first kappa shape index (κ1) is 43.2. The Balaban J connectivity index is 0.00000523. The van der Waals surface area contributed by atoms with Crippen molar-refractivity contribution in [3.63, 3.8) is 0 Å². The number of carboxylic acids is 1. The molecular weight excluding hydrogens is 679 g/mol. The van der Waals surface area contributed by atoms with Crippen LogP contribution in [0.4, 0.5) is 0 Å². The zero-order valence-electron chi connectivity index (χ0n) is 33.8. The van der Waals surface area contributed by atoms with Gasteiger partial charge in [-0.05, 0) is 83.5 Å². The summed E-state index contributed by atoms with van der Waals surface area (Å²) < 4.78 is 47.0. The molecule has 6 saturated heterocycles. The van der Waals surface area contributed by atoms with Gasteiger partial charge in [0.15, 0.2) is 11.6 Å². The number of ether oxygens (including phenoxy) is 7. The summed E-state index contributed by atoms with van der Waals surface area (Å²) in [6.07, 6.45) is 5.85. The monoisotopic (exact) mass is 747 g/mol. The minimum absolute atomic E-state index is 0. The Kier molecular flexibility index (Phi) is 13.4. The Morgan fingerprint density at radius 2 is 1.58 bits per heavy atom. The van der Waals surface area contributed by atoms with E-state index < -0.39 is 41.3 Å². The van der Waals surface area contributed by atoms with Crippen molar-refractivity contribution in [2.24, 2.45) is 41.4 Å². The van der Waals surface area contributed by atoms with Crippen molar-refractivity contribution in [1.29, 1.82) is 0 Å². The van der Waals surface area contributed by atoms with E-state index in [4.69, 9.17) is 33.2 Å². The van der Waals surface area contributed by atoms with Gasteiger partial charge in [-0.25, -0.2) is 0 Å². The fraction of sp³-hybridized carbons (Fsp3) is 0.975. The second-order valence-corrected chi connectivity index (χ2v) is 18.4. The quantitative estimate of drug-likeness (QED) is 0.264. The van der Waals surface area contributed by atoms with Gasteiger partial charge in [-0.2, -0.15) is 0 Å². The minimum Gasteiger partial charge on any atom is -0.481 e. The molecule has 0 saturated carbocycles. The predicted octanol–water partition coefficient (Wildman–Crippen LogP) is 5.32. The maximum absolute atomic E-state index is 11.8. The molecule has 52 heavy (non-hydrogen) atoms. The van der Waals surface area contributed by atoms with Crippen LogP contribution in [0.1, 0.15) is 120 Å². The van der Waals surface area contributed by atoms with Crippen molar-refractivity contribution in [3.05, 3.63) is 0 Å². The summed E-state index contributed by atoms with van der Waals surface area (Å²) in [6, 6.07) is 0. The smallest absolute Gasteiger partial charge is 0.308 e. The molecule has 0 unspecified atom stereocenters. The molecule has 1 radical (unpaired) electrons. The standard InChI is InChI=1S/C40H68O11.Na/c1-21-11-12-28(46-33(21)26(6)36(42)43)17-29-18-30(45-10)27(7)40(48-29)25(5)19-38(9,51-40)32-13-14-37(8,49-32)35-23(3)16-31(47-35)34-22(2)15-24(4)39(44,20-41)50-34;/h21-35,41,44H,11-20H2,1-10H3,(H,42,43);/t21-,22-,23-,24+,25+,26+,27+,28+,29+,30+,31+,32+,33+,34-,35+,37-,38-,39-,40+;/m0./s1. The maximum atomic E-state index is 11.8. The summed E-state index contributed by atoms with van der Waals surface area (Å²) in [5.74, 6) is -3.26. The summed E-state index contributed by atoms with van der Waals surface area (Å²) in [4.78, 5) is 11.8. The van der Waals surface area contributed by atoms with E-state index in [1.807, 2.05) is 6.92 Å². The van der Waals surface area contributed by atoms with Crippen molar-refractivity contribution in [2.75, 3.05) is 13.7 Å². The number of carboxylic acid groups (broad SMARTS) is 1. The molecule has 0 amide bonds. The normalized spacial score (nSPS) is 53.2. The molecule has 0 aromatic heterocycles. The number of aliphatic hydroxyl groups is 2. The molecule has 0 bridgehead atoms. The van der Waals surface area contributed by atoms with Gasteiger partial charge < -0.3 is 48.5 Å². The molecule has 6 rings (SSSR count). The fourth-order valence-electron chi connectivity index (χ4n) is 11.3. The first-order valence-electron chi connectivity index (χ1n) is 20.0. The van der Waals surface area contributed by atoms with Crippen LogP contribution in [0.2, 0.25) is 0 Å². The number of hydrogen-bond donors (Lipinski definition) is 3. The van der Waals surface area contributed by atoms with E-state index in [2.05, 4.69) is 48.5 Å². The van der Waals surface area contributed by atoms with Crippen LogP contribution in [0.5, 0.6) is 0 Å². The van der Waals surface area contributed by atoms with Crippen LogP contribution < -0.4 is 0 Å². The van der Waals surface area contributed by atoms with Gasteiger partial charge in [-0.3, -0.25) is 4.79 Å². The number of carbonyl (C=O) groups is 1. The Labute approximate surface area is 334 Å². The van der Waals surface area contributed by atoms with Crippen molar-refractivity contribution in [1.82, 2.24) is 0 Å². The van der Waals surface area contributed by atoms with Crippen LogP contribution in [-0.4, -0.2) is 136 Å². The third-order valence-electron chi connectivity index (χ3n) is 14.4. The number of aliphatic carboxylic acids is 1. The summed E-state index contributed by atoms with van der Waals surface area (Å²) >= 11 is 0. The van der Waals surface area contributed by atoms with Gasteiger partial charge in [-0.15, -0.1) is 0 Å². The van der Waals surface area contributed by atoms with Gasteiger partial charge in [0, 0.05) is 67.3 Å². The van der Waals surface area contributed by atoms with Crippen LogP contribution in [0.3, 0.4) is 0 Å². The van der Waals surface area contributed by atoms with Crippen molar-refractivity contribution in [3.8, 4) is 0 Å². The average molecular weight is 748 g/mol. The second-order valence-electron chi connectivity index (χ2n) is 18.4. The van der Waals surface area contributed by atoms with E-state index in [0.29, 0.717) is 6.42 Å². The van der Waals surface area contributed by atoms with Crippen LogP contribution >= 0.6 is 0 Å². The molecule has 0 aromatic carbocycles. The van der Waals surface area contributed by atoms with Gasteiger partial charge in [0.2, 0.25) is 0 Å². The van der Waals surface area contributed by atoms with Crippen molar-refractivity contribution >= 4 is 35.5 Å². The molecule has 6 aliphatic rings. The Morgan fingerprint density at radius 3 is 2.23 bits per heavy atom. The molecule has 6 heterocycles. The maximum Gasteiger partial charge on any atom is 0.308 e. The largest absolute Gasteiger partial charge is 0.481 e. The van der Waals surface area contributed by atoms with Gasteiger partial charge in [-0.1, -0.05) is 41.5 Å². The zero-order chi connectivity index (χ0) is 37.3. The molecule has 3 N–H and O–H groups in total. The molecule has 6 fully saturated rings. The van der Waals surface area contributed by atoms with Gasteiger partial charge in [0.05, 0.1) is 72.6 Å². The minimum atomic E-state index is -1.55. The molecule has 0 aliphatic carbocycles. The van der Waals surface area contributed by atoms with Gasteiger partial charge >= 0.3 is 5.97 Å². The molecule has 295 valence electrons. The van der Waals surface area contributed by atoms with E-state index in [0.717, 1.165) is 51.4 Å². The Bertz CT molecular complexity index is 1240. The predicted molar refractivity (Wildman–Crippen MR) is 194 cm³/mol. The Hall–Kier alpha value is 0.110. The summed E-state index contributed by atoms with van der Waals surface area (Å²) in [5, 5.41) is 30.7. The van der Waals surface area contributed by atoms with Crippen molar-refractivity contribution < 1.29 is 53.3 Å².